The number of piperidine rings is 1. The van der Waals surface area contributed by atoms with Gasteiger partial charge in [-0.05, 0) is 48.9 Å². The molecule has 2 aliphatic rings. The second kappa shape index (κ2) is 7.93. The summed E-state index contributed by atoms with van der Waals surface area (Å²) in [6, 6.07) is 22.1. The molecule has 0 radical (unpaired) electrons. The number of nitrogens with one attached hydrogen (secondary N) is 1. The van der Waals surface area contributed by atoms with Crippen molar-refractivity contribution in [2.75, 3.05) is 29.1 Å². The van der Waals surface area contributed by atoms with Gasteiger partial charge in [0.25, 0.3) is 0 Å². The zero-order valence-corrected chi connectivity index (χ0v) is 18.3. The normalized spacial score (nSPS) is 18.0. The quantitative estimate of drug-likeness (QED) is 0.603. The second-order valence-electron chi connectivity index (χ2n) is 8.25. The van der Waals surface area contributed by atoms with E-state index in [2.05, 4.69) is 11.4 Å². The monoisotopic (exact) mass is 431 g/mol. The summed E-state index contributed by atoms with van der Waals surface area (Å²) in [6.45, 7) is 3.29. The van der Waals surface area contributed by atoms with Gasteiger partial charge >= 0.3 is 6.03 Å². The third kappa shape index (κ3) is 3.65. The molecule has 0 saturated carbocycles. The van der Waals surface area contributed by atoms with E-state index in [9.17, 15) is 9.59 Å². The fraction of sp³-hybridized carbons (Fsp3) is 0.280. The number of carbonyl (C=O) groups is 2. The molecular weight excluding hydrogens is 406 g/mol. The number of benzene rings is 3. The number of amides is 3. The predicted molar refractivity (Wildman–Crippen MR) is 128 cm³/mol. The average Bonchev–Trinajstić information content (AvgIpc) is 3.10. The van der Waals surface area contributed by atoms with Gasteiger partial charge in [-0.15, -0.1) is 11.8 Å². The van der Waals surface area contributed by atoms with E-state index in [-0.39, 0.29) is 16.8 Å². The van der Waals surface area contributed by atoms with E-state index >= 15 is 0 Å². The lowest BCUT2D eigenvalue weighted by Crippen LogP contribution is -2.53. The Morgan fingerprint density at radius 2 is 1.74 bits per heavy atom. The molecule has 3 amide bonds. The Morgan fingerprint density at radius 1 is 1.00 bits per heavy atom. The van der Waals surface area contributed by atoms with Crippen LogP contribution in [0.15, 0.2) is 66.7 Å². The third-order valence-electron chi connectivity index (χ3n) is 6.24. The van der Waals surface area contributed by atoms with E-state index in [0.717, 1.165) is 40.6 Å². The second-order valence-corrected chi connectivity index (χ2v) is 9.58. The molecule has 6 heteroatoms. The van der Waals surface area contributed by atoms with Crippen LogP contribution in [0.25, 0.3) is 10.8 Å². The van der Waals surface area contributed by atoms with E-state index in [0.29, 0.717) is 18.8 Å². The fourth-order valence-electron chi connectivity index (χ4n) is 4.65. The summed E-state index contributed by atoms with van der Waals surface area (Å²) < 4.78 is 0. The number of carbonyl (C=O) groups excluding carboxylic acids is 2. The molecule has 0 bridgehead atoms. The standard InChI is InChI=1S/C25H25N3O2S/c1-18-6-4-9-20(16-18)28-23(29)17-31-25(28)12-14-27(15-13-25)24(30)26-22-11-5-8-19-7-2-3-10-21(19)22/h2-11,16H,12-15,17H2,1H3,(H,26,30). The highest BCUT2D eigenvalue weighted by Gasteiger charge is 2.49. The SMILES string of the molecule is Cc1cccc(N2C(=O)CSC23CCN(C(=O)Nc2cccc4ccccc24)CC3)c1. The molecule has 2 heterocycles. The number of aryl methyl sites for hydroxylation is 1. The number of likely N-dealkylation sites (tertiary alicyclic amines) is 1. The van der Waals surface area contributed by atoms with Gasteiger partial charge in [-0.2, -0.15) is 0 Å². The molecule has 0 atom stereocenters. The highest BCUT2D eigenvalue weighted by atomic mass is 32.2. The first-order valence-electron chi connectivity index (χ1n) is 10.6. The van der Waals surface area contributed by atoms with Crippen LogP contribution in [0.1, 0.15) is 18.4 Å². The van der Waals surface area contributed by atoms with E-state index < -0.39 is 0 Å². The van der Waals surface area contributed by atoms with E-state index in [1.165, 1.54) is 0 Å². The number of hydrogen-bond acceptors (Lipinski definition) is 3. The zero-order chi connectivity index (χ0) is 21.4. The van der Waals surface area contributed by atoms with Crippen molar-refractivity contribution >= 4 is 45.8 Å². The topological polar surface area (TPSA) is 52.7 Å². The van der Waals surface area contributed by atoms with Crippen LogP contribution in [0.5, 0.6) is 0 Å². The largest absolute Gasteiger partial charge is 0.324 e. The van der Waals surface area contributed by atoms with Crippen molar-refractivity contribution in [2.45, 2.75) is 24.6 Å². The minimum Gasteiger partial charge on any atom is -0.324 e. The molecule has 2 fully saturated rings. The van der Waals surface area contributed by atoms with Gasteiger partial charge in [0, 0.05) is 24.2 Å². The van der Waals surface area contributed by atoms with Crippen molar-refractivity contribution in [2.24, 2.45) is 0 Å². The molecule has 3 aromatic carbocycles. The lowest BCUT2D eigenvalue weighted by Gasteiger charge is -2.44. The molecule has 5 nitrogen and oxygen atoms in total. The van der Waals surface area contributed by atoms with Crippen molar-refractivity contribution in [1.29, 1.82) is 0 Å². The van der Waals surface area contributed by atoms with Crippen LogP contribution in [-0.4, -0.2) is 40.6 Å². The van der Waals surface area contributed by atoms with E-state index in [1.54, 1.807) is 11.8 Å². The first kappa shape index (κ1) is 19.9. The molecule has 0 unspecified atom stereocenters. The Kier molecular flexibility index (Phi) is 5.10. The van der Waals surface area contributed by atoms with Crippen molar-refractivity contribution in [3.8, 4) is 0 Å². The van der Waals surface area contributed by atoms with Crippen LogP contribution in [0.4, 0.5) is 16.2 Å². The number of thioether (sulfide) groups is 1. The summed E-state index contributed by atoms with van der Waals surface area (Å²) in [5, 5.41) is 5.23. The Hall–Kier alpha value is -2.99. The Balaban J connectivity index is 1.31. The summed E-state index contributed by atoms with van der Waals surface area (Å²) in [4.78, 5) is 29.3. The van der Waals surface area contributed by atoms with Gasteiger partial charge in [-0.3, -0.25) is 9.69 Å². The molecule has 0 aromatic heterocycles. The van der Waals surface area contributed by atoms with Gasteiger partial charge in [0.2, 0.25) is 5.91 Å². The lowest BCUT2D eigenvalue weighted by atomic mass is 10.0. The molecule has 2 saturated heterocycles. The van der Waals surface area contributed by atoms with Gasteiger partial charge in [0.15, 0.2) is 0 Å². The van der Waals surface area contributed by atoms with Crippen molar-refractivity contribution in [3.05, 3.63) is 72.3 Å². The summed E-state index contributed by atoms with van der Waals surface area (Å²) in [5.74, 6) is 0.653. The number of nitrogens with zero attached hydrogens (tertiary/aromatic N) is 2. The van der Waals surface area contributed by atoms with Crippen LogP contribution in [0.3, 0.4) is 0 Å². The van der Waals surface area contributed by atoms with Gasteiger partial charge < -0.3 is 10.2 Å². The first-order valence-corrected chi connectivity index (χ1v) is 11.6. The number of anilines is 2. The van der Waals surface area contributed by atoms with Crippen molar-refractivity contribution < 1.29 is 9.59 Å². The van der Waals surface area contributed by atoms with Gasteiger partial charge in [-0.1, -0.05) is 48.5 Å². The van der Waals surface area contributed by atoms with Crippen molar-refractivity contribution in [1.82, 2.24) is 4.90 Å². The van der Waals surface area contributed by atoms with E-state index in [4.69, 9.17) is 0 Å². The highest BCUT2D eigenvalue weighted by Crippen LogP contribution is 2.47. The number of rotatable bonds is 2. The Morgan fingerprint density at radius 3 is 2.55 bits per heavy atom. The zero-order valence-electron chi connectivity index (χ0n) is 17.5. The molecule has 1 N–H and O–H groups in total. The maximum absolute atomic E-state index is 13.0. The Bertz CT molecular complexity index is 1150. The van der Waals surface area contributed by atoms with Crippen LogP contribution >= 0.6 is 11.8 Å². The summed E-state index contributed by atoms with van der Waals surface area (Å²) in [6.07, 6.45) is 1.53. The molecule has 158 valence electrons. The summed E-state index contributed by atoms with van der Waals surface area (Å²) in [5.41, 5.74) is 2.93. The van der Waals surface area contributed by atoms with Gasteiger partial charge in [-0.25, -0.2) is 4.79 Å². The molecular formula is C25H25N3O2S. The molecule has 31 heavy (non-hydrogen) atoms. The minimum atomic E-state index is -0.263. The molecule has 1 spiro atoms. The summed E-state index contributed by atoms with van der Waals surface area (Å²) >= 11 is 1.72. The first-order chi connectivity index (χ1) is 15.1. The van der Waals surface area contributed by atoms with Crippen LogP contribution in [0.2, 0.25) is 0 Å². The van der Waals surface area contributed by atoms with Crippen LogP contribution in [-0.2, 0) is 4.79 Å². The van der Waals surface area contributed by atoms with Crippen molar-refractivity contribution in [3.63, 3.8) is 0 Å². The third-order valence-corrected chi connectivity index (χ3v) is 7.76. The van der Waals surface area contributed by atoms with Crippen LogP contribution in [0, 0.1) is 6.92 Å². The average molecular weight is 432 g/mol. The predicted octanol–water partition coefficient (Wildman–Crippen LogP) is 5.25. The Labute approximate surface area is 186 Å². The fourth-order valence-corrected chi connectivity index (χ4v) is 5.98. The molecule has 0 aliphatic carbocycles. The molecule has 2 aliphatic heterocycles. The van der Waals surface area contributed by atoms with E-state index in [1.807, 2.05) is 77.4 Å². The number of fused-ring (bicyclic) bond motifs is 1. The van der Waals surface area contributed by atoms with Gasteiger partial charge in [0.1, 0.15) is 0 Å². The number of urea groups is 1. The molecule has 5 rings (SSSR count). The highest BCUT2D eigenvalue weighted by molar-refractivity contribution is 8.02. The smallest absolute Gasteiger partial charge is 0.321 e. The maximum atomic E-state index is 13.0. The van der Waals surface area contributed by atoms with Crippen LogP contribution < -0.4 is 10.2 Å². The summed E-state index contributed by atoms with van der Waals surface area (Å²) in [7, 11) is 0. The number of hydrogen-bond donors (Lipinski definition) is 1. The lowest BCUT2D eigenvalue weighted by molar-refractivity contribution is -0.116. The van der Waals surface area contributed by atoms with Gasteiger partial charge in [0.05, 0.1) is 16.3 Å². The molecule has 3 aromatic rings. The maximum Gasteiger partial charge on any atom is 0.321 e. The minimum absolute atomic E-state index is 0.0809.